The molecule has 1 fully saturated rings. The first-order valence-electron chi connectivity index (χ1n) is 12.6. The fraction of sp³-hybridized carbons (Fsp3) is 0.708. The molecule has 1 amide bonds. The van der Waals surface area contributed by atoms with Crippen LogP contribution in [0.15, 0.2) is 23.1 Å². The molecular weight excluding hydrogens is 481 g/mol. The number of nitrogens with one attached hydrogen (secondary N) is 3. The van der Waals surface area contributed by atoms with E-state index in [0.29, 0.717) is 24.6 Å². The first-order valence-corrected chi connectivity index (χ1v) is 14.1. The van der Waals surface area contributed by atoms with Gasteiger partial charge < -0.3 is 15.5 Å². The maximum absolute atomic E-state index is 12.8. The minimum atomic E-state index is -4.91. The van der Waals surface area contributed by atoms with E-state index in [1.165, 1.54) is 44.2 Å². The van der Waals surface area contributed by atoms with Crippen LogP contribution in [0, 0.1) is 0 Å². The molecule has 1 aliphatic carbocycles. The number of rotatable bonds is 11. The van der Waals surface area contributed by atoms with Gasteiger partial charge in [0.05, 0.1) is 4.90 Å². The van der Waals surface area contributed by atoms with Crippen molar-refractivity contribution < 1.29 is 26.4 Å². The quantitative estimate of drug-likeness (QED) is 0.392. The topological polar surface area (TPSA) is 90.5 Å². The molecule has 11 heteroatoms. The minimum Gasteiger partial charge on any atom is -0.334 e. The van der Waals surface area contributed by atoms with Crippen molar-refractivity contribution in [2.24, 2.45) is 0 Å². The molecule has 0 radical (unpaired) electrons. The molecule has 0 unspecified atom stereocenters. The van der Waals surface area contributed by atoms with Gasteiger partial charge in [-0.25, -0.2) is 13.1 Å². The van der Waals surface area contributed by atoms with Gasteiger partial charge in [-0.3, -0.25) is 4.79 Å². The lowest BCUT2D eigenvalue weighted by atomic mass is 9.95. The Balaban J connectivity index is 1.36. The second-order valence-corrected chi connectivity index (χ2v) is 11.1. The number of sulfonamides is 1. The molecular formula is C24H37F3N4O3S. The van der Waals surface area contributed by atoms with Gasteiger partial charge in [-0.05, 0) is 68.3 Å². The predicted molar refractivity (Wildman–Crippen MR) is 129 cm³/mol. The summed E-state index contributed by atoms with van der Waals surface area (Å²) in [7, 11) is -3.71. The number of carbonyl (C=O) groups excluding carboxylic acids is 1. The van der Waals surface area contributed by atoms with Gasteiger partial charge >= 0.3 is 12.1 Å². The van der Waals surface area contributed by atoms with Crippen LogP contribution in [-0.2, 0) is 27.7 Å². The summed E-state index contributed by atoms with van der Waals surface area (Å²) in [6, 6.07) is 5.27. The summed E-state index contributed by atoms with van der Waals surface area (Å²) < 4.78 is 66.2. The monoisotopic (exact) mass is 518 g/mol. The van der Waals surface area contributed by atoms with Crippen molar-refractivity contribution in [3.8, 4) is 0 Å². The average molecular weight is 519 g/mol. The number of unbranched alkanes of at least 4 members (excludes halogenated alkanes) is 1. The lowest BCUT2D eigenvalue weighted by molar-refractivity contribution is -0.185. The smallest absolute Gasteiger partial charge is 0.334 e. The molecule has 2 aliphatic rings. The highest BCUT2D eigenvalue weighted by Crippen LogP contribution is 2.24. The van der Waals surface area contributed by atoms with E-state index in [-0.39, 0.29) is 30.8 Å². The molecule has 3 rings (SSSR count). The second-order valence-electron chi connectivity index (χ2n) is 9.36. The third kappa shape index (κ3) is 8.73. The van der Waals surface area contributed by atoms with Crippen LogP contribution in [0.1, 0.15) is 56.1 Å². The number of carbonyl (C=O) groups is 1. The van der Waals surface area contributed by atoms with Crippen LogP contribution in [0.2, 0.25) is 0 Å². The predicted octanol–water partition coefficient (Wildman–Crippen LogP) is 2.75. The summed E-state index contributed by atoms with van der Waals surface area (Å²) in [5, 5.41) is 6.96. The maximum atomic E-state index is 12.8. The molecule has 0 spiro atoms. The van der Waals surface area contributed by atoms with E-state index in [0.717, 1.165) is 36.5 Å². The lowest BCUT2D eigenvalue weighted by Gasteiger charge is -2.22. The summed E-state index contributed by atoms with van der Waals surface area (Å²) in [5.74, 6) is -1.85. The van der Waals surface area contributed by atoms with Crippen molar-refractivity contribution in [3.05, 3.63) is 29.3 Å². The highest BCUT2D eigenvalue weighted by atomic mass is 32.2. The molecule has 0 aromatic heterocycles. The number of fused-ring (bicyclic) bond motifs is 1. The van der Waals surface area contributed by atoms with Crippen molar-refractivity contribution in [2.75, 3.05) is 39.3 Å². The van der Waals surface area contributed by atoms with Gasteiger partial charge in [0.15, 0.2) is 0 Å². The molecule has 3 N–H and O–H groups in total. The Kier molecular flexibility index (Phi) is 10.4. The Hall–Kier alpha value is -1.69. The van der Waals surface area contributed by atoms with Gasteiger partial charge in [0.2, 0.25) is 10.0 Å². The van der Waals surface area contributed by atoms with Crippen LogP contribution in [0.25, 0.3) is 0 Å². The SMILES string of the molecule is O=C(N1CCc2ccc(S(=O)(=O)NCCCCNCCNC3CCCCC3)cc2CC1)C(F)(F)F. The number of halogens is 3. The second kappa shape index (κ2) is 13.0. The van der Waals surface area contributed by atoms with Gasteiger partial charge in [-0.2, -0.15) is 13.2 Å². The average Bonchev–Trinajstić information content (AvgIpc) is 3.04. The molecule has 1 heterocycles. The molecule has 0 atom stereocenters. The first kappa shape index (κ1) is 27.9. The highest BCUT2D eigenvalue weighted by molar-refractivity contribution is 7.89. The maximum Gasteiger partial charge on any atom is 0.471 e. The molecule has 1 aliphatic heterocycles. The highest BCUT2D eigenvalue weighted by Gasteiger charge is 2.42. The fourth-order valence-electron chi connectivity index (χ4n) is 4.71. The third-order valence-electron chi connectivity index (χ3n) is 6.73. The van der Waals surface area contributed by atoms with E-state index >= 15 is 0 Å². The van der Waals surface area contributed by atoms with Crippen LogP contribution in [-0.4, -0.2) is 70.7 Å². The zero-order chi connectivity index (χ0) is 25.3. The van der Waals surface area contributed by atoms with E-state index in [1.807, 2.05) is 0 Å². The van der Waals surface area contributed by atoms with E-state index in [1.54, 1.807) is 6.07 Å². The van der Waals surface area contributed by atoms with Gasteiger partial charge in [0.25, 0.3) is 0 Å². The van der Waals surface area contributed by atoms with E-state index in [2.05, 4.69) is 15.4 Å². The summed E-state index contributed by atoms with van der Waals surface area (Å²) >= 11 is 0. The summed E-state index contributed by atoms with van der Waals surface area (Å²) in [6.45, 7) is 2.84. The van der Waals surface area contributed by atoms with Crippen LogP contribution in [0.4, 0.5) is 13.2 Å². The zero-order valence-corrected chi connectivity index (χ0v) is 20.9. The first-order chi connectivity index (χ1) is 16.7. The number of nitrogens with zero attached hydrogens (tertiary/aromatic N) is 1. The number of benzene rings is 1. The van der Waals surface area contributed by atoms with Crippen molar-refractivity contribution in [1.29, 1.82) is 0 Å². The molecule has 0 saturated heterocycles. The van der Waals surface area contributed by atoms with Crippen LogP contribution in [0.5, 0.6) is 0 Å². The van der Waals surface area contributed by atoms with Crippen molar-refractivity contribution in [2.45, 2.75) is 74.9 Å². The molecule has 1 aromatic rings. The Morgan fingerprint density at radius 2 is 1.63 bits per heavy atom. The lowest BCUT2D eigenvalue weighted by Crippen LogP contribution is -2.42. The van der Waals surface area contributed by atoms with Crippen LogP contribution >= 0.6 is 0 Å². The minimum absolute atomic E-state index is 0.0413. The molecule has 198 valence electrons. The summed E-state index contributed by atoms with van der Waals surface area (Å²) in [5.41, 5.74) is 1.43. The van der Waals surface area contributed by atoms with E-state index in [9.17, 15) is 26.4 Å². The Morgan fingerprint density at radius 3 is 2.34 bits per heavy atom. The van der Waals surface area contributed by atoms with Gasteiger partial charge in [-0.1, -0.05) is 25.3 Å². The van der Waals surface area contributed by atoms with Crippen molar-refractivity contribution >= 4 is 15.9 Å². The molecule has 1 aromatic carbocycles. The molecule has 7 nitrogen and oxygen atoms in total. The molecule has 0 bridgehead atoms. The van der Waals surface area contributed by atoms with Crippen molar-refractivity contribution in [1.82, 2.24) is 20.3 Å². The third-order valence-corrected chi connectivity index (χ3v) is 8.19. The Morgan fingerprint density at radius 1 is 0.943 bits per heavy atom. The summed E-state index contributed by atoms with van der Waals surface area (Å²) in [4.78, 5) is 12.4. The number of alkyl halides is 3. The molecule has 35 heavy (non-hydrogen) atoms. The summed E-state index contributed by atoms with van der Waals surface area (Å²) in [6.07, 6.45) is 3.58. The van der Waals surface area contributed by atoms with Gasteiger partial charge in [0, 0.05) is 38.8 Å². The van der Waals surface area contributed by atoms with Crippen LogP contribution < -0.4 is 15.4 Å². The van der Waals surface area contributed by atoms with Gasteiger partial charge in [-0.15, -0.1) is 0 Å². The molecule has 1 saturated carbocycles. The van der Waals surface area contributed by atoms with Crippen LogP contribution in [0.3, 0.4) is 0 Å². The van der Waals surface area contributed by atoms with E-state index < -0.39 is 22.1 Å². The standard InChI is InChI=1S/C24H37F3N4O3S/c25-24(26,27)23(32)31-16-10-19-8-9-22(18-20(19)11-17-31)35(33,34)30-13-5-4-12-28-14-15-29-21-6-2-1-3-7-21/h8-9,18,21,28-30H,1-7,10-17H2. The normalized spacial score (nSPS) is 17.7. The zero-order valence-electron chi connectivity index (χ0n) is 20.1. The number of hydrogen-bond donors (Lipinski definition) is 3. The fourth-order valence-corrected chi connectivity index (χ4v) is 5.84. The van der Waals surface area contributed by atoms with Gasteiger partial charge in [0.1, 0.15) is 0 Å². The number of amides is 1. The van der Waals surface area contributed by atoms with Crippen molar-refractivity contribution in [3.63, 3.8) is 0 Å². The van der Waals surface area contributed by atoms with E-state index in [4.69, 9.17) is 0 Å². The largest absolute Gasteiger partial charge is 0.471 e. The Labute approximate surface area is 206 Å². The Bertz CT molecular complexity index is 934. The number of hydrogen-bond acceptors (Lipinski definition) is 5.